The van der Waals surface area contributed by atoms with Crippen molar-refractivity contribution in [3.05, 3.63) is 65.7 Å². The monoisotopic (exact) mass is 395 g/mol. The van der Waals surface area contributed by atoms with Gasteiger partial charge in [0.2, 0.25) is 11.8 Å². The van der Waals surface area contributed by atoms with Crippen LogP contribution in [-0.2, 0) is 22.6 Å². The zero-order chi connectivity index (χ0) is 20.8. The van der Waals surface area contributed by atoms with E-state index in [1.165, 1.54) is 6.92 Å². The van der Waals surface area contributed by atoms with Crippen molar-refractivity contribution in [3.63, 3.8) is 0 Å². The van der Waals surface area contributed by atoms with Crippen molar-refractivity contribution in [2.75, 3.05) is 27.2 Å². The number of hydrogen-bond acceptors (Lipinski definition) is 4. The summed E-state index contributed by atoms with van der Waals surface area (Å²) in [5, 5.41) is 2.86. The molecule has 2 atom stereocenters. The zero-order valence-corrected chi connectivity index (χ0v) is 17.3. The number of nitrogens with one attached hydrogen (secondary N) is 1. The summed E-state index contributed by atoms with van der Waals surface area (Å²) in [5.74, 6) is 0.511. The molecule has 2 amide bonds. The lowest BCUT2D eigenvalue weighted by Gasteiger charge is -2.34. The Morgan fingerprint density at radius 3 is 2.52 bits per heavy atom. The minimum absolute atomic E-state index is 0.0868. The Labute approximate surface area is 172 Å². The van der Waals surface area contributed by atoms with Crippen LogP contribution in [0.3, 0.4) is 0 Å². The second kappa shape index (κ2) is 9.56. The predicted octanol–water partition coefficient (Wildman–Crippen LogP) is 2.09. The number of hydrogen-bond donors (Lipinski definition) is 1. The first-order valence-electron chi connectivity index (χ1n) is 9.91. The predicted molar refractivity (Wildman–Crippen MR) is 113 cm³/mol. The van der Waals surface area contributed by atoms with Crippen LogP contribution in [0.15, 0.2) is 54.6 Å². The van der Waals surface area contributed by atoms with E-state index in [9.17, 15) is 9.59 Å². The van der Waals surface area contributed by atoms with Crippen molar-refractivity contribution in [3.8, 4) is 5.75 Å². The molecule has 6 heteroatoms. The van der Waals surface area contributed by atoms with Gasteiger partial charge in [-0.2, -0.15) is 0 Å². The van der Waals surface area contributed by atoms with Crippen LogP contribution >= 0.6 is 0 Å². The van der Waals surface area contributed by atoms with Crippen LogP contribution < -0.4 is 10.1 Å². The third-order valence-electron chi connectivity index (χ3n) is 5.00. The Morgan fingerprint density at radius 1 is 1.14 bits per heavy atom. The van der Waals surface area contributed by atoms with Gasteiger partial charge >= 0.3 is 0 Å². The molecule has 0 aromatic heterocycles. The average molecular weight is 396 g/mol. The van der Waals surface area contributed by atoms with Gasteiger partial charge in [0.05, 0.1) is 6.04 Å². The molecule has 1 aliphatic heterocycles. The minimum atomic E-state index is -0.621. The summed E-state index contributed by atoms with van der Waals surface area (Å²) in [4.78, 5) is 29.4. The number of amides is 2. The van der Waals surface area contributed by atoms with Gasteiger partial charge in [-0.05, 0) is 25.7 Å². The molecule has 2 aromatic rings. The van der Waals surface area contributed by atoms with Gasteiger partial charge in [-0.3, -0.25) is 9.59 Å². The molecular formula is C23H29N3O3. The molecule has 6 nitrogen and oxygen atoms in total. The van der Waals surface area contributed by atoms with Crippen molar-refractivity contribution in [2.24, 2.45) is 0 Å². The highest BCUT2D eigenvalue weighted by Gasteiger charge is 2.33. The molecule has 1 aliphatic rings. The van der Waals surface area contributed by atoms with Gasteiger partial charge < -0.3 is 19.9 Å². The second-order valence-corrected chi connectivity index (χ2v) is 7.74. The summed E-state index contributed by atoms with van der Waals surface area (Å²) < 4.78 is 6.01. The lowest BCUT2D eigenvalue weighted by atomic mass is 10.0. The molecule has 1 heterocycles. The van der Waals surface area contributed by atoms with Gasteiger partial charge in [-0.1, -0.05) is 48.5 Å². The summed E-state index contributed by atoms with van der Waals surface area (Å²) in [7, 11) is 3.96. The van der Waals surface area contributed by atoms with E-state index in [1.54, 1.807) is 0 Å². The highest BCUT2D eigenvalue weighted by molar-refractivity contribution is 5.87. The Hall–Kier alpha value is -2.86. The van der Waals surface area contributed by atoms with E-state index < -0.39 is 6.04 Å². The molecule has 0 radical (unpaired) electrons. The highest BCUT2D eigenvalue weighted by atomic mass is 16.5. The maximum absolute atomic E-state index is 13.6. The summed E-state index contributed by atoms with van der Waals surface area (Å²) in [6.45, 7) is 3.00. The van der Waals surface area contributed by atoms with Gasteiger partial charge in [0, 0.05) is 32.0 Å². The van der Waals surface area contributed by atoms with Crippen molar-refractivity contribution >= 4 is 11.8 Å². The van der Waals surface area contributed by atoms with Crippen LogP contribution in [-0.4, -0.2) is 60.9 Å². The zero-order valence-electron chi connectivity index (χ0n) is 17.3. The van der Waals surface area contributed by atoms with Crippen molar-refractivity contribution in [2.45, 2.75) is 32.0 Å². The van der Waals surface area contributed by atoms with E-state index in [2.05, 4.69) is 10.2 Å². The maximum Gasteiger partial charge on any atom is 0.246 e. The van der Waals surface area contributed by atoms with Gasteiger partial charge in [0.1, 0.15) is 18.4 Å². The highest BCUT2D eigenvalue weighted by Crippen LogP contribution is 2.26. The molecule has 0 aliphatic carbocycles. The number of carbonyl (C=O) groups excluding carboxylic acids is 2. The molecule has 0 bridgehead atoms. The first-order valence-corrected chi connectivity index (χ1v) is 9.91. The number of likely N-dealkylation sites (N-methyl/N-ethyl adjacent to an activating group) is 1. The topological polar surface area (TPSA) is 61.9 Å². The molecule has 0 unspecified atom stereocenters. The van der Waals surface area contributed by atoms with E-state index >= 15 is 0 Å². The number of benzene rings is 2. The standard InChI is InChI=1S/C23H29N3O3/c1-17(27)24-21(13-18-9-5-4-6-10-18)23(28)26-14-19-11-7-8-12-22(19)29-16-20(26)15-25(2)3/h4-12,20-21H,13-16H2,1-3H3,(H,24,27)/t20-,21+/m0/s1. The van der Waals surface area contributed by atoms with E-state index in [1.807, 2.05) is 73.6 Å². The molecule has 0 saturated heterocycles. The summed E-state index contributed by atoms with van der Waals surface area (Å²) >= 11 is 0. The fourth-order valence-electron chi connectivity index (χ4n) is 3.69. The third kappa shape index (κ3) is 5.57. The third-order valence-corrected chi connectivity index (χ3v) is 5.00. The van der Waals surface area contributed by atoms with Crippen LogP contribution in [0.5, 0.6) is 5.75 Å². The van der Waals surface area contributed by atoms with Crippen LogP contribution in [0.25, 0.3) is 0 Å². The molecule has 1 N–H and O–H groups in total. The summed E-state index contributed by atoms with van der Waals surface area (Å²) in [6.07, 6.45) is 0.451. The Bertz CT molecular complexity index is 838. The van der Waals surface area contributed by atoms with Crippen LogP contribution in [0.1, 0.15) is 18.1 Å². The van der Waals surface area contributed by atoms with E-state index in [-0.39, 0.29) is 17.9 Å². The largest absolute Gasteiger partial charge is 0.491 e. The number of fused-ring (bicyclic) bond motifs is 1. The Balaban J connectivity index is 1.89. The van der Waals surface area contributed by atoms with Gasteiger partial charge in [0.25, 0.3) is 0 Å². The molecule has 2 aromatic carbocycles. The Kier molecular flexibility index (Phi) is 6.88. The number of para-hydroxylation sites is 1. The van der Waals surface area contributed by atoms with Crippen LogP contribution in [0.2, 0.25) is 0 Å². The second-order valence-electron chi connectivity index (χ2n) is 7.74. The maximum atomic E-state index is 13.6. The molecule has 3 rings (SSSR count). The molecule has 0 fully saturated rings. The lowest BCUT2D eigenvalue weighted by molar-refractivity contribution is -0.139. The molecule has 0 saturated carbocycles. The molecule has 29 heavy (non-hydrogen) atoms. The average Bonchev–Trinajstić information content (AvgIpc) is 2.87. The van der Waals surface area contributed by atoms with Crippen molar-refractivity contribution < 1.29 is 14.3 Å². The van der Waals surface area contributed by atoms with E-state index in [0.29, 0.717) is 26.1 Å². The molecule has 154 valence electrons. The fourth-order valence-corrected chi connectivity index (χ4v) is 3.69. The minimum Gasteiger partial charge on any atom is -0.491 e. The first kappa shape index (κ1) is 20.9. The van der Waals surface area contributed by atoms with E-state index in [4.69, 9.17) is 4.74 Å². The normalized spacial score (nSPS) is 17.1. The molecular weight excluding hydrogens is 366 g/mol. The van der Waals surface area contributed by atoms with Gasteiger partial charge in [-0.15, -0.1) is 0 Å². The van der Waals surface area contributed by atoms with Gasteiger partial charge in [-0.25, -0.2) is 0 Å². The quantitative estimate of drug-likeness (QED) is 0.814. The lowest BCUT2D eigenvalue weighted by Crippen LogP contribution is -2.55. The van der Waals surface area contributed by atoms with E-state index in [0.717, 1.165) is 16.9 Å². The van der Waals surface area contributed by atoms with Crippen molar-refractivity contribution in [1.29, 1.82) is 0 Å². The van der Waals surface area contributed by atoms with Crippen LogP contribution in [0, 0.1) is 0 Å². The van der Waals surface area contributed by atoms with Crippen LogP contribution in [0.4, 0.5) is 0 Å². The molecule has 0 spiro atoms. The number of ether oxygens (including phenoxy) is 1. The Morgan fingerprint density at radius 2 is 1.83 bits per heavy atom. The first-order chi connectivity index (χ1) is 13.9. The van der Waals surface area contributed by atoms with Gasteiger partial charge in [0.15, 0.2) is 0 Å². The number of rotatable bonds is 6. The number of carbonyl (C=O) groups is 2. The number of nitrogens with zero attached hydrogens (tertiary/aromatic N) is 2. The van der Waals surface area contributed by atoms with Crippen molar-refractivity contribution in [1.82, 2.24) is 15.1 Å². The smallest absolute Gasteiger partial charge is 0.246 e. The fraction of sp³-hybridized carbons (Fsp3) is 0.391. The summed E-state index contributed by atoms with van der Waals surface area (Å²) in [6, 6.07) is 16.8. The summed E-state index contributed by atoms with van der Waals surface area (Å²) in [5.41, 5.74) is 1.98. The SMILES string of the molecule is CC(=O)N[C@H](Cc1ccccc1)C(=O)N1Cc2ccccc2OC[C@@H]1CN(C)C.